The number of nitrogens with one attached hydrogen (secondary N) is 4. The van der Waals surface area contributed by atoms with Gasteiger partial charge in [0.15, 0.2) is 11.9 Å². The molecule has 2 rings (SSSR count). The molecule has 2 aliphatic heterocycles. The summed E-state index contributed by atoms with van der Waals surface area (Å²) >= 11 is 0. The fraction of sp³-hybridized carbons (Fsp3) is 0.833. The molecule has 0 aromatic heterocycles. The Bertz CT molecular complexity index is 326. The van der Waals surface area contributed by atoms with Gasteiger partial charge in [-0.05, 0) is 20.0 Å². The largest absolute Gasteiger partial charge is 0.356 e. The zero-order valence-corrected chi connectivity index (χ0v) is 11.7. The van der Waals surface area contributed by atoms with Gasteiger partial charge in [-0.2, -0.15) is 0 Å². The van der Waals surface area contributed by atoms with Crippen LogP contribution in [0.4, 0.5) is 0 Å². The molecule has 0 aromatic rings. The predicted molar refractivity (Wildman–Crippen MR) is 78.7 cm³/mol. The molecule has 4 N–H and O–H groups in total. The highest BCUT2D eigenvalue weighted by molar-refractivity contribution is 5.81. The number of rotatable bonds is 7. The second kappa shape index (κ2) is 7.83. The van der Waals surface area contributed by atoms with E-state index in [2.05, 4.69) is 43.2 Å². The third-order valence-corrected chi connectivity index (χ3v) is 3.14. The Hall–Kier alpha value is -1.50. The summed E-state index contributed by atoms with van der Waals surface area (Å²) in [6.45, 7) is 7.73. The van der Waals surface area contributed by atoms with Crippen molar-refractivity contribution in [3.8, 4) is 0 Å². The van der Waals surface area contributed by atoms with Gasteiger partial charge >= 0.3 is 0 Å². The van der Waals surface area contributed by atoms with E-state index in [1.807, 2.05) is 0 Å². The maximum atomic E-state index is 4.30. The van der Waals surface area contributed by atoms with Crippen LogP contribution < -0.4 is 21.3 Å². The van der Waals surface area contributed by atoms with E-state index in [1.165, 1.54) is 0 Å². The van der Waals surface area contributed by atoms with E-state index in [0.717, 1.165) is 70.7 Å². The number of guanidine groups is 2. The van der Waals surface area contributed by atoms with Crippen molar-refractivity contribution in [2.24, 2.45) is 9.98 Å². The van der Waals surface area contributed by atoms with Crippen LogP contribution in [0.5, 0.6) is 0 Å². The average molecular weight is 267 g/mol. The number of hydrogen-bond donors (Lipinski definition) is 4. The van der Waals surface area contributed by atoms with Gasteiger partial charge in [0, 0.05) is 32.7 Å². The van der Waals surface area contributed by atoms with Gasteiger partial charge in [0.1, 0.15) is 0 Å². The SMILES string of the molecule is CN(CCCNC1=NCCN1)CCNC1=NCCN1. The van der Waals surface area contributed by atoms with Crippen LogP contribution in [-0.2, 0) is 0 Å². The molecule has 0 aliphatic carbocycles. The predicted octanol–water partition coefficient (Wildman–Crippen LogP) is -1.59. The number of aliphatic imine (C=N–C) groups is 2. The number of hydrogen-bond acceptors (Lipinski definition) is 7. The highest BCUT2D eigenvalue weighted by Gasteiger charge is 2.05. The quantitative estimate of drug-likeness (QED) is 0.418. The van der Waals surface area contributed by atoms with E-state index in [-0.39, 0.29) is 0 Å². The minimum absolute atomic E-state index is 0.891. The zero-order valence-electron chi connectivity index (χ0n) is 11.7. The summed E-state index contributed by atoms with van der Waals surface area (Å²) in [6, 6.07) is 0. The van der Waals surface area contributed by atoms with Gasteiger partial charge in [-0.15, -0.1) is 0 Å². The van der Waals surface area contributed by atoms with E-state index in [4.69, 9.17) is 0 Å². The lowest BCUT2D eigenvalue weighted by Crippen LogP contribution is -2.39. The molecule has 0 saturated carbocycles. The monoisotopic (exact) mass is 267 g/mol. The standard InChI is InChI=1S/C12H25N7/c1-19(10-8-18-12-16-6-7-17-12)9-2-3-13-11-14-4-5-15-11/h2-10H2,1H3,(H2,13,14,15)(H2,16,17,18). The molecule has 0 aromatic carbocycles. The molecule has 7 heteroatoms. The molecule has 0 spiro atoms. The van der Waals surface area contributed by atoms with Crippen LogP contribution in [0.15, 0.2) is 9.98 Å². The molecule has 0 radical (unpaired) electrons. The Kier molecular flexibility index (Phi) is 5.74. The molecular formula is C12H25N7. The lowest BCUT2D eigenvalue weighted by molar-refractivity contribution is 0.333. The Labute approximate surface area is 114 Å². The second-order valence-corrected chi connectivity index (χ2v) is 4.82. The van der Waals surface area contributed by atoms with E-state index < -0.39 is 0 Å². The fourth-order valence-electron chi connectivity index (χ4n) is 2.07. The van der Waals surface area contributed by atoms with E-state index in [0.29, 0.717) is 0 Å². The molecule has 0 unspecified atom stereocenters. The molecule has 0 saturated heterocycles. The molecular weight excluding hydrogens is 242 g/mol. The third-order valence-electron chi connectivity index (χ3n) is 3.14. The van der Waals surface area contributed by atoms with Crippen LogP contribution in [0.25, 0.3) is 0 Å². The molecule has 2 aliphatic rings. The van der Waals surface area contributed by atoms with Gasteiger partial charge in [-0.1, -0.05) is 0 Å². The summed E-state index contributed by atoms with van der Waals surface area (Å²) in [5.74, 6) is 1.90. The summed E-state index contributed by atoms with van der Waals surface area (Å²) in [6.07, 6.45) is 1.12. The number of likely N-dealkylation sites (N-methyl/N-ethyl adjacent to an activating group) is 1. The van der Waals surface area contributed by atoms with Crippen LogP contribution >= 0.6 is 0 Å². The van der Waals surface area contributed by atoms with E-state index in [1.54, 1.807) is 0 Å². The van der Waals surface area contributed by atoms with E-state index >= 15 is 0 Å². The molecule has 19 heavy (non-hydrogen) atoms. The Balaban J connectivity index is 1.44. The first-order chi connectivity index (χ1) is 9.34. The lowest BCUT2D eigenvalue weighted by atomic mass is 10.4. The van der Waals surface area contributed by atoms with Crippen LogP contribution in [0, 0.1) is 0 Å². The highest BCUT2D eigenvalue weighted by Crippen LogP contribution is 1.88. The first kappa shape index (κ1) is 13.9. The molecule has 0 bridgehead atoms. The smallest absolute Gasteiger partial charge is 0.191 e. The minimum atomic E-state index is 0.891. The maximum Gasteiger partial charge on any atom is 0.191 e. The van der Waals surface area contributed by atoms with Crippen LogP contribution in [0.3, 0.4) is 0 Å². The molecule has 108 valence electrons. The fourth-order valence-corrected chi connectivity index (χ4v) is 2.07. The maximum absolute atomic E-state index is 4.30. The number of nitrogens with zero attached hydrogens (tertiary/aromatic N) is 3. The van der Waals surface area contributed by atoms with Crippen molar-refractivity contribution in [3.05, 3.63) is 0 Å². The van der Waals surface area contributed by atoms with Gasteiger partial charge in [-0.25, -0.2) is 0 Å². The van der Waals surface area contributed by atoms with E-state index in [9.17, 15) is 0 Å². The first-order valence-corrected chi connectivity index (χ1v) is 7.07. The van der Waals surface area contributed by atoms with Gasteiger partial charge < -0.3 is 26.2 Å². The Morgan fingerprint density at radius 2 is 1.63 bits per heavy atom. The van der Waals surface area contributed by atoms with Crippen molar-refractivity contribution in [1.82, 2.24) is 26.2 Å². The van der Waals surface area contributed by atoms with Gasteiger partial charge in [0.05, 0.1) is 13.1 Å². The Morgan fingerprint density at radius 1 is 1.00 bits per heavy atom. The van der Waals surface area contributed by atoms with Crippen LogP contribution in [0.2, 0.25) is 0 Å². The second-order valence-electron chi connectivity index (χ2n) is 4.82. The normalized spacial score (nSPS) is 17.8. The summed E-state index contributed by atoms with van der Waals surface area (Å²) in [5, 5.41) is 13.0. The molecule has 0 fully saturated rings. The third kappa shape index (κ3) is 5.34. The summed E-state index contributed by atoms with van der Waals surface area (Å²) in [4.78, 5) is 10.9. The zero-order chi connectivity index (χ0) is 13.3. The van der Waals surface area contributed by atoms with Crippen molar-refractivity contribution in [1.29, 1.82) is 0 Å². The first-order valence-electron chi connectivity index (χ1n) is 7.07. The molecule has 0 amide bonds. The van der Waals surface area contributed by atoms with Crippen LogP contribution in [-0.4, -0.2) is 76.2 Å². The molecule has 2 heterocycles. The minimum Gasteiger partial charge on any atom is -0.356 e. The summed E-state index contributed by atoms with van der Waals surface area (Å²) < 4.78 is 0. The summed E-state index contributed by atoms with van der Waals surface area (Å²) in [7, 11) is 2.15. The van der Waals surface area contributed by atoms with Crippen molar-refractivity contribution >= 4 is 11.9 Å². The lowest BCUT2D eigenvalue weighted by Gasteiger charge is -2.17. The summed E-state index contributed by atoms with van der Waals surface area (Å²) in [5.41, 5.74) is 0. The van der Waals surface area contributed by atoms with Crippen molar-refractivity contribution in [2.75, 3.05) is 59.4 Å². The van der Waals surface area contributed by atoms with Gasteiger partial charge in [0.25, 0.3) is 0 Å². The van der Waals surface area contributed by atoms with Crippen molar-refractivity contribution < 1.29 is 0 Å². The highest BCUT2D eigenvalue weighted by atomic mass is 15.2. The topological polar surface area (TPSA) is 76.1 Å². The van der Waals surface area contributed by atoms with Crippen molar-refractivity contribution in [3.63, 3.8) is 0 Å². The van der Waals surface area contributed by atoms with Gasteiger partial charge in [-0.3, -0.25) is 9.98 Å². The van der Waals surface area contributed by atoms with Gasteiger partial charge in [0.2, 0.25) is 0 Å². The van der Waals surface area contributed by atoms with Crippen LogP contribution in [0.1, 0.15) is 6.42 Å². The van der Waals surface area contributed by atoms with Crippen molar-refractivity contribution in [2.45, 2.75) is 6.42 Å². The Morgan fingerprint density at radius 3 is 2.21 bits per heavy atom. The average Bonchev–Trinajstić information content (AvgIpc) is 3.07. The molecule has 7 nitrogen and oxygen atoms in total. The molecule has 0 atom stereocenters.